The van der Waals surface area contributed by atoms with Crippen LogP contribution in [0.15, 0.2) is 0 Å². The number of carbonyl (C=O) groups excluding carboxylic acids is 1. The van der Waals surface area contributed by atoms with Crippen LogP contribution in [0.4, 0.5) is 0 Å². The monoisotopic (exact) mass is 316 g/mol. The molecule has 1 atom stereocenters. The number of sulfonamides is 1. The third kappa shape index (κ3) is 4.95. The van der Waals surface area contributed by atoms with Crippen LogP contribution in [0.25, 0.3) is 0 Å². The molecule has 0 bridgehead atoms. The van der Waals surface area contributed by atoms with E-state index in [9.17, 15) is 13.2 Å². The van der Waals surface area contributed by atoms with Gasteiger partial charge in [-0.15, -0.1) is 0 Å². The van der Waals surface area contributed by atoms with Crippen LogP contribution in [-0.2, 0) is 14.8 Å². The SMILES string of the molecule is CCS(=O)(=O)NC(CC1CCCCC1)C(=O)N1CCCC1. The van der Waals surface area contributed by atoms with Crippen LogP contribution >= 0.6 is 0 Å². The van der Waals surface area contributed by atoms with E-state index < -0.39 is 16.1 Å². The fourth-order valence-corrected chi connectivity index (χ4v) is 4.21. The van der Waals surface area contributed by atoms with Crippen LogP contribution in [0, 0.1) is 5.92 Å². The Morgan fingerprint density at radius 3 is 2.33 bits per heavy atom. The van der Waals surface area contributed by atoms with E-state index in [1.54, 1.807) is 6.92 Å². The highest BCUT2D eigenvalue weighted by Crippen LogP contribution is 2.28. The maximum absolute atomic E-state index is 12.6. The van der Waals surface area contributed by atoms with Gasteiger partial charge in [0.15, 0.2) is 0 Å². The van der Waals surface area contributed by atoms with Gasteiger partial charge in [-0.2, -0.15) is 0 Å². The second-order valence-electron chi connectivity index (χ2n) is 6.35. The predicted molar refractivity (Wildman–Crippen MR) is 83.4 cm³/mol. The average Bonchev–Trinajstić information content (AvgIpc) is 3.01. The molecule has 2 fully saturated rings. The van der Waals surface area contributed by atoms with Crippen molar-refractivity contribution in [2.45, 2.75) is 64.3 Å². The number of hydrogen-bond donors (Lipinski definition) is 1. The molecule has 1 N–H and O–H groups in total. The molecular formula is C15H28N2O3S. The standard InChI is InChI=1S/C15H28N2O3S/c1-2-21(19,20)16-14(12-13-8-4-3-5-9-13)15(18)17-10-6-7-11-17/h13-14,16H,2-12H2,1H3. The first-order chi connectivity index (χ1) is 10.0. The third-order valence-corrected chi connectivity index (χ3v) is 6.12. The summed E-state index contributed by atoms with van der Waals surface area (Å²) in [6.45, 7) is 3.15. The van der Waals surface area contributed by atoms with Gasteiger partial charge in [0.25, 0.3) is 0 Å². The van der Waals surface area contributed by atoms with Crippen molar-refractivity contribution in [3.63, 3.8) is 0 Å². The van der Waals surface area contributed by atoms with Gasteiger partial charge >= 0.3 is 0 Å². The van der Waals surface area contributed by atoms with Gasteiger partial charge < -0.3 is 4.90 Å². The van der Waals surface area contributed by atoms with E-state index in [1.165, 1.54) is 19.3 Å². The molecule has 122 valence electrons. The molecule has 2 rings (SSSR count). The van der Waals surface area contributed by atoms with Gasteiger partial charge in [-0.1, -0.05) is 32.1 Å². The summed E-state index contributed by atoms with van der Waals surface area (Å²) in [6.07, 6.45) is 8.64. The van der Waals surface area contributed by atoms with E-state index in [0.29, 0.717) is 12.3 Å². The molecule has 0 spiro atoms. The van der Waals surface area contributed by atoms with Crippen molar-refractivity contribution in [2.24, 2.45) is 5.92 Å². The predicted octanol–water partition coefficient (Wildman–Crippen LogP) is 1.89. The first kappa shape index (κ1) is 16.7. The van der Waals surface area contributed by atoms with E-state index in [1.807, 2.05) is 4.90 Å². The van der Waals surface area contributed by atoms with E-state index in [4.69, 9.17) is 0 Å². The Kier molecular flexibility index (Phi) is 6.05. The molecule has 5 nitrogen and oxygen atoms in total. The minimum absolute atomic E-state index is 0.0184. The maximum atomic E-state index is 12.6. The molecule has 6 heteroatoms. The number of rotatable bonds is 6. The Labute approximate surface area is 128 Å². The minimum atomic E-state index is -3.34. The quantitative estimate of drug-likeness (QED) is 0.814. The van der Waals surface area contributed by atoms with Gasteiger partial charge in [0.05, 0.1) is 5.75 Å². The summed E-state index contributed by atoms with van der Waals surface area (Å²) in [7, 11) is -3.34. The smallest absolute Gasteiger partial charge is 0.240 e. The van der Waals surface area contributed by atoms with Gasteiger partial charge in [0.2, 0.25) is 15.9 Å². The maximum Gasteiger partial charge on any atom is 0.240 e. The van der Waals surface area contributed by atoms with Crippen LogP contribution in [-0.4, -0.2) is 44.1 Å². The molecule has 0 radical (unpaired) electrons. The van der Waals surface area contributed by atoms with Crippen molar-refractivity contribution in [1.29, 1.82) is 0 Å². The van der Waals surface area contributed by atoms with Crippen LogP contribution < -0.4 is 4.72 Å². The van der Waals surface area contributed by atoms with Crippen LogP contribution in [0.2, 0.25) is 0 Å². The Bertz CT molecular complexity index is 438. The van der Waals surface area contributed by atoms with Crippen LogP contribution in [0.1, 0.15) is 58.3 Å². The second-order valence-corrected chi connectivity index (χ2v) is 8.39. The van der Waals surface area contributed by atoms with Crippen molar-refractivity contribution < 1.29 is 13.2 Å². The molecule has 1 saturated heterocycles. The third-order valence-electron chi connectivity index (χ3n) is 4.71. The molecule has 1 amide bonds. The molecule has 1 heterocycles. The highest BCUT2D eigenvalue weighted by atomic mass is 32.2. The van der Waals surface area contributed by atoms with E-state index >= 15 is 0 Å². The molecule has 21 heavy (non-hydrogen) atoms. The lowest BCUT2D eigenvalue weighted by molar-refractivity contribution is -0.132. The summed E-state index contributed by atoms with van der Waals surface area (Å²) in [6, 6.07) is -0.559. The summed E-state index contributed by atoms with van der Waals surface area (Å²) in [5, 5.41) is 0. The summed E-state index contributed by atoms with van der Waals surface area (Å²) in [5.41, 5.74) is 0. The number of carbonyl (C=O) groups is 1. The fourth-order valence-electron chi connectivity index (χ4n) is 3.41. The first-order valence-corrected chi connectivity index (χ1v) is 9.96. The summed E-state index contributed by atoms with van der Waals surface area (Å²) >= 11 is 0. The summed E-state index contributed by atoms with van der Waals surface area (Å²) < 4.78 is 26.4. The number of nitrogens with one attached hydrogen (secondary N) is 1. The topological polar surface area (TPSA) is 66.5 Å². The Balaban J connectivity index is 2.03. The average molecular weight is 316 g/mol. The molecule has 1 aliphatic carbocycles. The number of likely N-dealkylation sites (tertiary alicyclic amines) is 1. The zero-order valence-corrected chi connectivity index (χ0v) is 13.8. The molecule has 1 saturated carbocycles. The van der Waals surface area contributed by atoms with Crippen molar-refractivity contribution >= 4 is 15.9 Å². The lowest BCUT2D eigenvalue weighted by Gasteiger charge is -2.29. The molecule has 1 unspecified atom stereocenters. The van der Waals surface area contributed by atoms with E-state index in [2.05, 4.69) is 4.72 Å². The van der Waals surface area contributed by atoms with Gasteiger partial charge in [-0.3, -0.25) is 4.79 Å². The van der Waals surface area contributed by atoms with Gasteiger partial charge in [0, 0.05) is 13.1 Å². The number of amides is 1. The van der Waals surface area contributed by atoms with E-state index in [-0.39, 0.29) is 11.7 Å². The van der Waals surface area contributed by atoms with Crippen molar-refractivity contribution in [3.05, 3.63) is 0 Å². The lowest BCUT2D eigenvalue weighted by atomic mass is 9.85. The molecular weight excluding hydrogens is 288 g/mol. The lowest BCUT2D eigenvalue weighted by Crippen LogP contribution is -2.49. The van der Waals surface area contributed by atoms with Crippen molar-refractivity contribution in [1.82, 2.24) is 9.62 Å². The first-order valence-electron chi connectivity index (χ1n) is 8.30. The van der Waals surface area contributed by atoms with Gasteiger partial charge in [0.1, 0.15) is 6.04 Å². The molecule has 2 aliphatic rings. The highest BCUT2D eigenvalue weighted by Gasteiger charge is 2.31. The van der Waals surface area contributed by atoms with Crippen molar-refractivity contribution in [2.75, 3.05) is 18.8 Å². The molecule has 0 aromatic rings. The molecule has 1 aliphatic heterocycles. The molecule has 0 aromatic carbocycles. The molecule has 0 aromatic heterocycles. The van der Waals surface area contributed by atoms with Crippen LogP contribution in [0.5, 0.6) is 0 Å². The number of nitrogens with zero attached hydrogens (tertiary/aromatic N) is 1. The largest absolute Gasteiger partial charge is 0.341 e. The Morgan fingerprint density at radius 2 is 1.76 bits per heavy atom. The summed E-state index contributed by atoms with van der Waals surface area (Å²) in [4.78, 5) is 14.4. The van der Waals surface area contributed by atoms with Gasteiger partial charge in [-0.25, -0.2) is 13.1 Å². The van der Waals surface area contributed by atoms with Crippen LogP contribution in [0.3, 0.4) is 0 Å². The zero-order valence-electron chi connectivity index (χ0n) is 13.0. The highest BCUT2D eigenvalue weighted by molar-refractivity contribution is 7.89. The minimum Gasteiger partial charge on any atom is -0.341 e. The van der Waals surface area contributed by atoms with E-state index in [0.717, 1.165) is 38.8 Å². The summed E-state index contributed by atoms with van der Waals surface area (Å²) in [5.74, 6) is 0.492. The fraction of sp³-hybridized carbons (Fsp3) is 0.933. The number of hydrogen-bond acceptors (Lipinski definition) is 3. The van der Waals surface area contributed by atoms with Crippen molar-refractivity contribution in [3.8, 4) is 0 Å². The van der Waals surface area contributed by atoms with Gasteiger partial charge in [-0.05, 0) is 32.1 Å². The second kappa shape index (κ2) is 7.58. The normalized spacial score (nSPS) is 22.4. The Hall–Kier alpha value is -0.620. The zero-order chi connectivity index (χ0) is 15.3. The Morgan fingerprint density at radius 1 is 1.14 bits per heavy atom.